The zero-order chi connectivity index (χ0) is 14.2. The topological polar surface area (TPSA) is 37.8 Å². The molecule has 3 aliphatic carbocycles. The van der Waals surface area contributed by atoms with Gasteiger partial charge in [0.15, 0.2) is 4.73 Å². The van der Waals surface area contributed by atoms with Crippen LogP contribution in [0.2, 0.25) is 0 Å². The molecule has 4 rings (SSSR count). The molecule has 2 bridgehead atoms. The molecule has 3 saturated carbocycles. The number of rotatable bonds is 3. The Balaban J connectivity index is 1.62. The molecule has 0 aliphatic heterocycles. The molecule has 0 aromatic carbocycles. The van der Waals surface area contributed by atoms with Gasteiger partial charge in [0.05, 0.1) is 0 Å². The predicted octanol–water partition coefficient (Wildman–Crippen LogP) is 3.93. The summed E-state index contributed by atoms with van der Waals surface area (Å²) in [5.41, 5.74) is 1.43. The van der Waals surface area contributed by atoms with Crippen molar-refractivity contribution in [1.82, 2.24) is 15.3 Å². The Labute approximate surface area is 130 Å². The summed E-state index contributed by atoms with van der Waals surface area (Å²) in [6.07, 6.45) is 10.8. The maximum Gasteiger partial charge on any atom is 0.196 e. The van der Waals surface area contributed by atoms with Crippen molar-refractivity contribution >= 4 is 15.9 Å². The molecule has 0 spiro atoms. The van der Waals surface area contributed by atoms with Crippen LogP contribution in [-0.2, 0) is 6.54 Å². The average Bonchev–Trinajstić information content (AvgIpc) is 2.33. The van der Waals surface area contributed by atoms with Gasteiger partial charge >= 0.3 is 0 Å². The second kappa shape index (κ2) is 5.72. The normalized spacial score (nSPS) is 36.9. The number of aromatic nitrogens is 2. The standard InChI is InChI=1S/C16H24BrN3/c1-11-3-12-4-13(5-12)7-16(2,6-11)20-10-14-8-18-15(17)19-9-14/h8-9,11-13,20H,3-7,10H2,1-2H3. The average molecular weight is 338 g/mol. The first-order valence-corrected chi connectivity index (χ1v) is 8.53. The first-order valence-electron chi connectivity index (χ1n) is 7.74. The number of fused-ring (bicyclic) bond motifs is 4. The van der Waals surface area contributed by atoms with Crippen molar-refractivity contribution in [3.8, 4) is 0 Å². The minimum Gasteiger partial charge on any atom is -0.307 e. The fourth-order valence-electron chi connectivity index (χ4n) is 4.26. The minimum atomic E-state index is 0.266. The van der Waals surface area contributed by atoms with Gasteiger partial charge < -0.3 is 5.32 Å². The molecule has 3 fully saturated rings. The summed E-state index contributed by atoms with van der Waals surface area (Å²) in [5, 5.41) is 3.79. The SMILES string of the molecule is CC1CC2CC(C2)CC(C)(NCc2cnc(Br)nc2)C1. The third kappa shape index (κ3) is 3.40. The van der Waals surface area contributed by atoms with E-state index in [0.29, 0.717) is 4.73 Å². The Kier molecular flexibility index (Phi) is 4.14. The van der Waals surface area contributed by atoms with Crippen LogP contribution < -0.4 is 5.32 Å². The molecule has 110 valence electrons. The maximum absolute atomic E-state index is 4.20. The molecule has 20 heavy (non-hydrogen) atoms. The maximum atomic E-state index is 4.20. The molecule has 2 unspecified atom stereocenters. The van der Waals surface area contributed by atoms with Crippen molar-refractivity contribution in [2.45, 2.75) is 58.0 Å². The second-order valence-corrected chi connectivity index (χ2v) is 7.94. The zero-order valence-electron chi connectivity index (χ0n) is 12.4. The summed E-state index contributed by atoms with van der Waals surface area (Å²) in [6, 6.07) is 0. The van der Waals surface area contributed by atoms with Crippen molar-refractivity contribution in [2.75, 3.05) is 0 Å². The van der Waals surface area contributed by atoms with Gasteiger partial charge in [-0.25, -0.2) is 9.97 Å². The first-order chi connectivity index (χ1) is 9.52. The molecule has 1 N–H and O–H groups in total. The molecular formula is C16H24BrN3. The molecular weight excluding hydrogens is 314 g/mol. The van der Waals surface area contributed by atoms with E-state index in [-0.39, 0.29) is 5.54 Å². The fraction of sp³-hybridized carbons (Fsp3) is 0.750. The molecule has 2 atom stereocenters. The Bertz CT molecular complexity index is 451. The smallest absolute Gasteiger partial charge is 0.196 e. The van der Waals surface area contributed by atoms with E-state index >= 15 is 0 Å². The third-order valence-electron chi connectivity index (χ3n) is 5.00. The summed E-state index contributed by atoms with van der Waals surface area (Å²) in [6.45, 7) is 5.69. The molecule has 0 radical (unpaired) electrons. The van der Waals surface area contributed by atoms with Crippen LogP contribution in [0, 0.1) is 17.8 Å². The van der Waals surface area contributed by atoms with Crippen molar-refractivity contribution in [3.63, 3.8) is 0 Å². The van der Waals surface area contributed by atoms with Crippen molar-refractivity contribution in [2.24, 2.45) is 17.8 Å². The lowest BCUT2D eigenvalue weighted by Gasteiger charge is -2.47. The Morgan fingerprint density at radius 1 is 1.20 bits per heavy atom. The zero-order valence-corrected chi connectivity index (χ0v) is 14.0. The molecule has 1 aromatic rings. The highest BCUT2D eigenvalue weighted by Gasteiger charge is 2.40. The minimum absolute atomic E-state index is 0.266. The van der Waals surface area contributed by atoms with Crippen LogP contribution in [0.25, 0.3) is 0 Å². The van der Waals surface area contributed by atoms with Crippen LogP contribution in [0.5, 0.6) is 0 Å². The van der Waals surface area contributed by atoms with E-state index in [1.165, 1.54) is 32.1 Å². The third-order valence-corrected chi connectivity index (χ3v) is 5.41. The monoisotopic (exact) mass is 337 g/mol. The van der Waals surface area contributed by atoms with Gasteiger partial charge in [0.2, 0.25) is 0 Å². The van der Waals surface area contributed by atoms with Crippen LogP contribution in [0.15, 0.2) is 17.1 Å². The lowest BCUT2D eigenvalue weighted by molar-refractivity contribution is 0.0702. The Morgan fingerprint density at radius 2 is 1.90 bits per heavy atom. The van der Waals surface area contributed by atoms with Crippen molar-refractivity contribution < 1.29 is 0 Å². The summed E-state index contributed by atoms with van der Waals surface area (Å²) < 4.78 is 0.660. The van der Waals surface area contributed by atoms with E-state index < -0.39 is 0 Å². The number of nitrogens with zero attached hydrogens (tertiary/aromatic N) is 2. The van der Waals surface area contributed by atoms with Crippen LogP contribution in [0.1, 0.15) is 51.5 Å². The number of halogens is 1. The quantitative estimate of drug-likeness (QED) is 0.849. The summed E-state index contributed by atoms with van der Waals surface area (Å²) >= 11 is 3.28. The van der Waals surface area contributed by atoms with Gasteiger partial charge in [-0.15, -0.1) is 0 Å². The summed E-state index contributed by atoms with van der Waals surface area (Å²) in [7, 11) is 0. The predicted molar refractivity (Wildman–Crippen MR) is 84.2 cm³/mol. The second-order valence-electron chi connectivity index (χ2n) is 7.23. The van der Waals surface area contributed by atoms with E-state index in [0.717, 1.165) is 29.9 Å². The Hall–Kier alpha value is -0.480. The molecule has 0 amide bonds. The lowest BCUT2D eigenvalue weighted by atomic mass is 9.62. The van der Waals surface area contributed by atoms with Crippen LogP contribution in [0.3, 0.4) is 0 Å². The Morgan fingerprint density at radius 3 is 2.60 bits per heavy atom. The van der Waals surface area contributed by atoms with E-state index in [4.69, 9.17) is 0 Å². The number of hydrogen-bond acceptors (Lipinski definition) is 3. The van der Waals surface area contributed by atoms with Crippen molar-refractivity contribution in [3.05, 3.63) is 22.7 Å². The van der Waals surface area contributed by atoms with Gasteiger partial charge in [-0.1, -0.05) is 6.92 Å². The molecule has 3 aliphatic rings. The van der Waals surface area contributed by atoms with E-state index in [2.05, 4.69) is 45.1 Å². The largest absolute Gasteiger partial charge is 0.307 e. The molecule has 1 heterocycles. The van der Waals surface area contributed by atoms with Gasteiger partial charge in [-0.3, -0.25) is 0 Å². The van der Waals surface area contributed by atoms with E-state index in [1.807, 2.05) is 12.4 Å². The molecule has 4 heteroatoms. The fourth-order valence-corrected chi connectivity index (χ4v) is 4.47. The number of nitrogens with one attached hydrogen (secondary N) is 1. The van der Waals surface area contributed by atoms with E-state index in [1.54, 1.807) is 0 Å². The first kappa shape index (κ1) is 14.5. The van der Waals surface area contributed by atoms with E-state index in [9.17, 15) is 0 Å². The number of hydrogen-bond donors (Lipinski definition) is 1. The highest BCUT2D eigenvalue weighted by Crippen LogP contribution is 2.46. The molecule has 1 aromatic heterocycles. The van der Waals surface area contributed by atoms with Crippen LogP contribution >= 0.6 is 15.9 Å². The lowest BCUT2D eigenvalue weighted by Crippen LogP contribution is -2.48. The van der Waals surface area contributed by atoms with Gasteiger partial charge in [-0.2, -0.15) is 0 Å². The highest BCUT2D eigenvalue weighted by atomic mass is 79.9. The van der Waals surface area contributed by atoms with Crippen LogP contribution in [0.4, 0.5) is 0 Å². The molecule has 3 nitrogen and oxygen atoms in total. The van der Waals surface area contributed by atoms with Gasteiger partial charge in [0.1, 0.15) is 0 Å². The van der Waals surface area contributed by atoms with Gasteiger partial charge in [-0.05, 0) is 72.7 Å². The summed E-state index contributed by atoms with van der Waals surface area (Å²) in [5.74, 6) is 2.81. The highest BCUT2D eigenvalue weighted by molar-refractivity contribution is 9.10. The summed E-state index contributed by atoms with van der Waals surface area (Å²) in [4.78, 5) is 8.40. The van der Waals surface area contributed by atoms with Crippen molar-refractivity contribution in [1.29, 1.82) is 0 Å². The van der Waals surface area contributed by atoms with Gasteiger partial charge in [0, 0.05) is 30.0 Å². The molecule has 0 saturated heterocycles. The van der Waals surface area contributed by atoms with Crippen LogP contribution in [-0.4, -0.2) is 15.5 Å². The van der Waals surface area contributed by atoms with Gasteiger partial charge in [0.25, 0.3) is 0 Å².